The lowest BCUT2D eigenvalue weighted by molar-refractivity contribution is 0.129. The molecule has 0 aliphatic rings. The average Bonchev–Trinajstić information content (AvgIpc) is 3.44. The van der Waals surface area contributed by atoms with Crippen LogP contribution >= 0.6 is 9.03 Å². The van der Waals surface area contributed by atoms with Gasteiger partial charge in [0.1, 0.15) is 0 Å². The van der Waals surface area contributed by atoms with E-state index in [0.29, 0.717) is 12.2 Å². The van der Waals surface area contributed by atoms with Gasteiger partial charge in [-0.1, -0.05) is 439 Å². The Kier molecular flexibility index (Phi) is 72.8. The Hall–Kier alpha value is 0.350. The minimum Gasteiger partial charge on any atom is -0.333 e. The van der Waals surface area contributed by atoms with Gasteiger partial charge < -0.3 is 9.05 Å². The molecule has 3 heteroatoms. The predicted octanol–water partition coefficient (Wildman–Crippen LogP) is 28.9. The topological polar surface area (TPSA) is 18.5 Å². The first-order valence-electron chi connectivity index (χ1n) is 37.3. The molecule has 0 heterocycles. The van der Waals surface area contributed by atoms with E-state index in [0.717, 1.165) is 0 Å². The average molecular weight is 1100 g/mol. The molecule has 2 nitrogen and oxygen atoms in total. The van der Waals surface area contributed by atoms with Gasteiger partial charge in [-0.25, -0.2) is 0 Å². The maximum atomic E-state index is 6.79. The summed E-state index contributed by atoms with van der Waals surface area (Å²) in [5.74, 6) is 0. The Morgan fingerprint density at radius 1 is 0.156 bits per heavy atom. The van der Waals surface area contributed by atoms with Crippen molar-refractivity contribution >= 4 is 9.03 Å². The lowest BCUT2D eigenvalue weighted by atomic mass is 10.0. The normalized spacial score (nSPS) is 11.9. The largest absolute Gasteiger partial charge is 0.333 e. The molecule has 0 atom stereocenters. The van der Waals surface area contributed by atoms with Crippen LogP contribution in [0, 0.1) is 0 Å². The summed E-state index contributed by atoms with van der Waals surface area (Å²) in [6, 6.07) is 0. The second-order valence-corrected chi connectivity index (χ2v) is 26.6. The fourth-order valence-electron chi connectivity index (χ4n) is 12.4. The van der Waals surface area contributed by atoms with Gasteiger partial charge in [-0.05, 0) is 25.7 Å². The van der Waals surface area contributed by atoms with Gasteiger partial charge in [-0.15, -0.1) is 0 Å². The maximum absolute atomic E-state index is 6.79. The molecule has 0 saturated heterocycles. The van der Waals surface area contributed by atoms with Gasteiger partial charge in [0.15, 0.2) is 9.03 Å². The molecule has 0 bridgehead atoms. The van der Waals surface area contributed by atoms with Gasteiger partial charge in [0.25, 0.3) is 0 Å². The molecule has 0 aromatic carbocycles. The van der Waals surface area contributed by atoms with Crippen LogP contribution < -0.4 is 0 Å². The summed E-state index contributed by atoms with van der Waals surface area (Å²) < 4.78 is 13.6. The van der Waals surface area contributed by atoms with E-state index in [1.807, 2.05) is 0 Å². The fraction of sp³-hybridized carbons (Fsp3) is 1.00. The quantitative estimate of drug-likeness (QED) is 0.0446. The molecule has 0 aromatic rings. The molecular weight excluding hydrogens is 952 g/mol. The van der Waals surface area contributed by atoms with Crippen molar-refractivity contribution in [1.82, 2.24) is 0 Å². The number of rotatable bonds is 72. The molecule has 0 unspecified atom stereocenters. The highest BCUT2D eigenvalue weighted by molar-refractivity contribution is 7.26. The molecule has 0 spiro atoms. The summed E-state index contributed by atoms with van der Waals surface area (Å²) >= 11 is 0. The molecule has 0 N–H and O–H groups in total. The van der Waals surface area contributed by atoms with Crippen LogP contribution in [-0.2, 0) is 9.05 Å². The molecule has 0 aliphatic carbocycles. The highest BCUT2D eigenvalue weighted by Gasteiger charge is 2.14. The van der Waals surface area contributed by atoms with Crippen molar-refractivity contribution in [2.24, 2.45) is 0 Å². The molecule has 0 aliphatic heterocycles. The summed E-state index contributed by atoms with van der Waals surface area (Å²) in [6.07, 6.45) is 97.9. The molecule has 0 radical (unpaired) electrons. The monoisotopic (exact) mass is 1100 g/mol. The second-order valence-electron chi connectivity index (χ2n) is 25.9. The lowest BCUT2D eigenvalue weighted by Gasteiger charge is -2.21. The molecule has 0 aromatic heterocycles. The van der Waals surface area contributed by atoms with Crippen LogP contribution in [0.3, 0.4) is 0 Å². The second kappa shape index (κ2) is 72.5. The highest BCUT2D eigenvalue weighted by atomic mass is 31.1. The first-order valence-corrected chi connectivity index (χ1v) is 38.2. The van der Waals surface area contributed by atoms with Crippen LogP contribution in [0.15, 0.2) is 0 Å². The van der Waals surface area contributed by atoms with Crippen molar-refractivity contribution in [2.75, 3.05) is 0 Å². The third-order valence-corrected chi connectivity index (χ3v) is 18.8. The van der Waals surface area contributed by atoms with E-state index in [1.54, 1.807) is 0 Å². The molecule has 464 valence electrons. The van der Waals surface area contributed by atoms with Gasteiger partial charge in [0.05, 0.1) is 12.2 Å². The highest BCUT2D eigenvalue weighted by Crippen LogP contribution is 2.30. The summed E-state index contributed by atoms with van der Waals surface area (Å²) in [7, 11) is 0.236. The van der Waals surface area contributed by atoms with E-state index < -0.39 is 0 Å². The van der Waals surface area contributed by atoms with Crippen molar-refractivity contribution in [3.8, 4) is 0 Å². The summed E-state index contributed by atoms with van der Waals surface area (Å²) in [5.41, 5.74) is 0. The molecule has 0 fully saturated rings. The zero-order chi connectivity index (χ0) is 55.4. The van der Waals surface area contributed by atoms with Crippen molar-refractivity contribution in [1.29, 1.82) is 0 Å². The zero-order valence-corrected chi connectivity index (χ0v) is 55.6. The van der Waals surface area contributed by atoms with Gasteiger partial charge in [0, 0.05) is 0 Å². The predicted molar refractivity (Wildman–Crippen MR) is 355 cm³/mol. The Labute approximate surface area is 492 Å². The summed E-state index contributed by atoms with van der Waals surface area (Å²) in [4.78, 5) is 0. The zero-order valence-electron chi connectivity index (χ0n) is 54.6. The van der Waals surface area contributed by atoms with E-state index >= 15 is 0 Å². The van der Waals surface area contributed by atoms with Crippen LogP contribution in [0.25, 0.3) is 0 Å². The van der Waals surface area contributed by atoms with Gasteiger partial charge in [-0.2, -0.15) is 0 Å². The Morgan fingerprint density at radius 2 is 0.260 bits per heavy atom. The van der Waals surface area contributed by atoms with Crippen molar-refractivity contribution in [3.05, 3.63) is 0 Å². The number of hydrogen-bond donors (Lipinski definition) is 0. The molecule has 0 saturated carbocycles. The Bertz CT molecular complexity index is 838. The van der Waals surface area contributed by atoms with Gasteiger partial charge >= 0.3 is 0 Å². The molecule has 77 heavy (non-hydrogen) atoms. The molecule has 0 rings (SSSR count). The van der Waals surface area contributed by atoms with E-state index in [2.05, 4.69) is 27.7 Å². The van der Waals surface area contributed by atoms with E-state index in [1.165, 1.54) is 437 Å². The Balaban J connectivity index is 4.79. The fourth-order valence-corrected chi connectivity index (χ4v) is 13.2. The van der Waals surface area contributed by atoms with Crippen LogP contribution in [0.1, 0.15) is 464 Å². The van der Waals surface area contributed by atoms with Crippen LogP contribution in [0.4, 0.5) is 0 Å². The lowest BCUT2D eigenvalue weighted by Crippen LogP contribution is -2.12. The van der Waals surface area contributed by atoms with E-state index in [-0.39, 0.29) is 9.03 Å². The van der Waals surface area contributed by atoms with E-state index in [9.17, 15) is 0 Å². The summed E-state index contributed by atoms with van der Waals surface area (Å²) in [6.45, 7) is 9.29. The van der Waals surface area contributed by atoms with Crippen molar-refractivity contribution in [2.45, 2.75) is 477 Å². The SMILES string of the molecule is CCCCCCCCCCCCCCCCCCC(CCCCCCCCCCCCCCCCCC)OPOC(CCCCCCCCCCCCCCCCCC)CCCCCCCCCCCCCCCCCC. The third kappa shape index (κ3) is 68.8. The van der Waals surface area contributed by atoms with Crippen LogP contribution in [0.2, 0.25) is 0 Å². The molecular formula is C74H151O2P. The standard InChI is InChI=1S/C74H151O2P/c1-5-9-13-17-21-25-29-33-37-41-45-49-53-57-61-65-69-73(70-66-62-58-54-50-46-42-38-34-30-26-22-18-14-10-6-2)75-77-76-74(71-67-63-59-55-51-47-43-39-35-31-27-23-19-15-11-7-3)72-68-64-60-56-52-48-44-40-36-32-28-24-20-16-12-8-4/h73-74,77H,5-72H2,1-4H3. The van der Waals surface area contributed by atoms with Crippen molar-refractivity contribution in [3.63, 3.8) is 0 Å². The van der Waals surface area contributed by atoms with E-state index in [4.69, 9.17) is 9.05 Å². The van der Waals surface area contributed by atoms with Crippen molar-refractivity contribution < 1.29 is 9.05 Å². The molecule has 0 amide bonds. The van der Waals surface area contributed by atoms with Crippen LogP contribution in [-0.4, -0.2) is 12.2 Å². The summed E-state index contributed by atoms with van der Waals surface area (Å²) in [5, 5.41) is 0. The minimum absolute atomic E-state index is 0.236. The minimum atomic E-state index is 0.236. The smallest absolute Gasteiger partial charge is 0.155 e. The first-order chi connectivity index (χ1) is 38.3. The maximum Gasteiger partial charge on any atom is 0.155 e. The van der Waals surface area contributed by atoms with Crippen LogP contribution in [0.5, 0.6) is 0 Å². The number of unbranched alkanes of at least 4 members (excludes halogenated alkanes) is 60. The van der Waals surface area contributed by atoms with Gasteiger partial charge in [0.2, 0.25) is 0 Å². The first kappa shape index (κ1) is 77.3. The number of hydrogen-bond acceptors (Lipinski definition) is 2. The third-order valence-electron chi connectivity index (χ3n) is 17.9. The van der Waals surface area contributed by atoms with Gasteiger partial charge in [-0.3, -0.25) is 0 Å². The Morgan fingerprint density at radius 3 is 0.377 bits per heavy atom.